The van der Waals surface area contributed by atoms with Crippen molar-refractivity contribution in [3.05, 3.63) is 45.0 Å². The first kappa shape index (κ1) is 21.1. The molecule has 3 aromatic heterocycles. The van der Waals surface area contributed by atoms with Gasteiger partial charge in [-0.25, -0.2) is 4.98 Å². The van der Waals surface area contributed by atoms with Gasteiger partial charge in [-0.15, -0.1) is 11.3 Å². The molecule has 7 nitrogen and oxygen atoms in total. The van der Waals surface area contributed by atoms with Crippen molar-refractivity contribution in [3.8, 4) is 0 Å². The third kappa shape index (κ3) is 4.31. The summed E-state index contributed by atoms with van der Waals surface area (Å²) in [5, 5.41) is 0.797. The number of nitrogens with zero attached hydrogens (tertiary/aromatic N) is 3. The first-order chi connectivity index (χ1) is 14.7. The van der Waals surface area contributed by atoms with Crippen molar-refractivity contribution in [1.29, 1.82) is 0 Å². The van der Waals surface area contributed by atoms with Crippen LogP contribution in [0.15, 0.2) is 27.6 Å². The fourth-order valence-electron chi connectivity index (χ4n) is 4.06. The molecule has 162 valence electrons. The zero-order valence-corrected chi connectivity index (χ0v) is 18.5. The van der Waals surface area contributed by atoms with E-state index in [-0.39, 0.29) is 5.56 Å². The summed E-state index contributed by atoms with van der Waals surface area (Å²) in [6, 6.07) is 3.74. The van der Waals surface area contributed by atoms with E-state index in [1.165, 1.54) is 23.3 Å². The summed E-state index contributed by atoms with van der Waals surface area (Å²) in [6.45, 7) is 2.69. The summed E-state index contributed by atoms with van der Waals surface area (Å²) in [7, 11) is 3.36. The van der Waals surface area contributed by atoms with Crippen LogP contribution in [0.3, 0.4) is 0 Å². The highest BCUT2D eigenvalue weighted by molar-refractivity contribution is 7.18. The third-order valence-electron chi connectivity index (χ3n) is 5.61. The lowest BCUT2D eigenvalue weighted by Gasteiger charge is -2.25. The molecule has 30 heavy (non-hydrogen) atoms. The van der Waals surface area contributed by atoms with E-state index >= 15 is 0 Å². The van der Waals surface area contributed by atoms with Crippen LogP contribution in [0.5, 0.6) is 0 Å². The van der Waals surface area contributed by atoms with Crippen LogP contribution in [0.4, 0.5) is 5.95 Å². The first-order valence-electron chi connectivity index (χ1n) is 10.5. The fourth-order valence-corrected chi connectivity index (χ4v) is 5.31. The smallest absolute Gasteiger partial charge is 0.264 e. The number of hydrogen-bond acceptors (Lipinski definition) is 7. The molecule has 0 unspecified atom stereocenters. The molecule has 0 aliphatic heterocycles. The van der Waals surface area contributed by atoms with Gasteiger partial charge >= 0.3 is 0 Å². The number of aryl methyl sites for hydroxylation is 2. The van der Waals surface area contributed by atoms with Crippen molar-refractivity contribution in [3.63, 3.8) is 0 Å². The maximum atomic E-state index is 13.8. The molecule has 0 radical (unpaired) electrons. The molecule has 0 spiro atoms. The summed E-state index contributed by atoms with van der Waals surface area (Å²) in [4.78, 5) is 23.0. The number of ether oxygens (including phenoxy) is 2. The van der Waals surface area contributed by atoms with E-state index in [0.717, 1.165) is 35.2 Å². The minimum atomic E-state index is 0.0191. The molecule has 0 N–H and O–H groups in total. The van der Waals surface area contributed by atoms with Crippen molar-refractivity contribution in [2.24, 2.45) is 0 Å². The lowest BCUT2D eigenvalue weighted by Crippen LogP contribution is -2.37. The van der Waals surface area contributed by atoms with Crippen molar-refractivity contribution >= 4 is 27.5 Å². The Labute approximate surface area is 180 Å². The zero-order chi connectivity index (χ0) is 20.9. The summed E-state index contributed by atoms with van der Waals surface area (Å²) in [5.74, 6) is 1.38. The van der Waals surface area contributed by atoms with Crippen LogP contribution in [-0.2, 0) is 28.9 Å². The molecule has 4 rings (SSSR count). The highest BCUT2D eigenvalue weighted by Crippen LogP contribution is 2.34. The topological polar surface area (TPSA) is 69.7 Å². The largest absolute Gasteiger partial charge is 0.467 e. The summed E-state index contributed by atoms with van der Waals surface area (Å²) < 4.78 is 17.9. The maximum absolute atomic E-state index is 13.8. The van der Waals surface area contributed by atoms with Gasteiger partial charge in [0.1, 0.15) is 10.6 Å². The van der Waals surface area contributed by atoms with E-state index in [1.54, 1.807) is 36.4 Å². The van der Waals surface area contributed by atoms with E-state index in [0.29, 0.717) is 38.8 Å². The highest BCUT2D eigenvalue weighted by atomic mass is 32.1. The number of fused-ring (bicyclic) bond motifs is 3. The van der Waals surface area contributed by atoms with E-state index in [9.17, 15) is 4.79 Å². The minimum absolute atomic E-state index is 0.0191. The molecule has 0 saturated heterocycles. The van der Waals surface area contributed by atoms with Gasteiger partial charge in [0.25, 0.3) is 5.56 Å². The molecule has 1 aliphatic carbocycles. The minimum Gasteiger partial charge on any atom is -0.467 e. The Kier molecular flexibility index (Phi) is 6.86. The van der Waals surface area contributed by atoms with Crippen molar-refractivity contribution in [1.82, 2.24) is 9.55 Å². The molecular weight excluding hydrogens is 402 g/mol. The van der Waals surface area contributed by atoms with Crippen LogP contribution in [0.25, 0.3) is 10.2 Å². The van der Waals surface area contributed by atoms with Gasteiger partial charge in [-0.1, -0.05) is 6.42 Å². The van der Waals surface area contributed by atoms with Crippen LogP contribution < -0.4 is 10.5 Å². The number of rotatable bonds is 9. The molecular formula is C22H29N3O4S. The van der Waals surface area contributed by atoms with Crippen molar-refractivity contribution in [2.45, 2.75) is 38.6 Å². The van der Waals surface area contributed by atoms with Crippen LogP contribution in [0.1, 0.15) is 35.5 Å². The van der Waals surface area contributed by atoms with Crippen molar-refractivity contribution < 1.29 is 13.9 Å². The second-order valence-corrected chi connectivity index (χ2v) is 8.68. The van der Waals surface area contributed by atoms with Crippen LogP contribution in [0.2, 0.25) is 0 Å². The van der Waals surface area contributed by atoms with Gasteiger partial charge in [0.05, 0.1) is 31.4 Å². The monoisotopic (exact) mass is 431 g/mol. The number of anilines is 1. The van der Waals surface area contributed by atoms with Gasteiger partial charge in [0, 0.05) is 32.2 Å². The fraction of sp³-hybridized carbons (Fsp3) is 0.545. The van der Waals surface area contributed by atoms with E-state index in [1.807, 2.05) is 12.1 Å². The maximum Gasteiger partial charge on any atom is 0.264 e. The normalized spacial score (nSPS) is 14.1. The Morgan fingerprint density at radius 1 is 1.17 bits per heavy atom. The van der Waals surface area contributed by atoms with E-state index in [2.05, 4.69) is 4.90 Å². The lowest BCUT2D eigenvalue weighted by atomic mass is 10.1. The average molecular weight is 432 g/mol. The van der Waals surface area contributed by atoms with Gasteiger partial charge in [-0.05, 0) is 43.4 Å². The molecule has 0 amide bonds. The van der Waals surface area contributed by atoms with Crippen LogP contribution >= 0.6 is 11.3 Å². The predicted octanol–water partition coefficient (Wildman–Crippen LogP) is 3.47. The molecule has 0 aromatic carbocycles. The number of hydrogen-bond donors (Lipinski definition) is 0. The molecule has 0 fully saturated rings. The average Bonchev–Trinajstić information content (AvgIpc) is 3.32. The number of furan rings is 1. The van der Waals surface area contributed by atoms with Crippen LogP contribution in [-0.4, -0.2) is 50.1 Å². The highest BCUT2D eigenvalue weighted by Gasteiger charge is 2.24. The Bertz CT molecular complexity index is 1020. The van der Waals surface area contributed by atoms with Gasteiger partial charge in [-0.2, -0.15) is 0 Å². The Balaban J connectivity index is 1.87. The molecule has 8 heteroatoms. The number of methoxy groups -OCH3 is 2. The zero-order valence-electron chi connectivity index (χ0n) is 17.7. The van der Waals surface area contributed by atoms with Gasteiger partial charge in [0.15, 0.2) is 0 Å². The second kappa shape index (κ2) is 9.76. The SMILES string of the molecule is COCCN(CCOC)c1nc2sc3c(c2c(=O)n1Cc1ccco1)CCCCC3. The summed E-state index contributed by atoms with van der Waals surface area (Å²) in [6.07, 6.45) is 7.17. The lowest BCUT2D eigenvalue weighted by molar-refractivity contribution is 0.189. The molecule has 3 aromatic rings. The molecule has 0 atom stereocenters. The summed E-state index contributed by atoms with van der Waals surface area (Å²) >= 11 is 1.69. The Hall–Kier alpha value is -2.16. The number of aromatic nitrogens is 2. The van der Waals surface area contributed by atoms with Crippen molar-refractivity contribution in [2.75, 3.05) is 45.4 Å². The first-order valence-corrected chi connectivity index (χ1v) is 11.3. The molecule has 1 aliphatic rings. The van der Waals surface area contributed by atoms with E-state index < -0.39 is 0 Å². The predicted molar refractivity (Wildman–Crippen MR) is 119 cm³/mol. The molecule has 0 saturated carbocycles. The standard InChI is InChI=1S/C22H29N3O4S/c1-27-13-10-24(11-14-28-2)22-23-20-19(17-8-4-3-5-9-18(17)30-20)21(26)25(22)15-16-7-6-12-29-16/h6-7,12H,3-5,8-11,13-15H2,1-2H3. The van der Waals surface area contributed by atoms with Crippen LogP contribution in [0, 0.1) is 0 Å². The summed E-state index contributed by atoms with van der Waals surface area (Å²) in [5.41, 5.74) is 1.23. The molecule has 3 heterocycles. The Morgan fingerprint density at radius 3 is 2.63 bits per heavy atom. The Morgan fingerprint density at radius 2 is 1.93 bits per heavy atom. The second-order valence-electron chi connectivity index (χ2n) is 7.60. The number of thiophene rings is 1. The van der Waals surface area contributed by atoms with Gasteiger partial charge in [-0.3, -0.25) is 9.36 Å². The van der Waals surface area contributed by atoms with Gasteiger partial charge < -0.3 is 18.8 Å². The molecule has 0 bridgehead atoms. The quantitative estimate of drug-likeness (QED) is 0.483. The van der Waals surface area contributed by atoms with Gasteiger partial charge in [0.2, 0.25) is 5.95 Å². The van der Waals surface area contributed by atoms with E-state index in [4.69, 9.17) is 18.9 Å². The third-order valence-corrected chi connectivity index (χ3v) is 6.80.